The number of ether oxygens (including phenoxy) is 1. The molecule has 6 heteroatoms. The molecule has 26 heavy (non-hydrogen) atoms. The van der Waals surface area contributed by atoms with Crippen molar-refractivity contribution in [2.24, 2.45) is 0 Å². The highest BCUT2D eigenvalue weighted by molar-refractivity contribution is 6.31. The summed E-state index contributed by atoms with van der Waals surface area (Å²) < 4.78 is 5.48. The first-order chi connectivity index (χ1) is 12.6. The molecule has 3 rings (SSSR count). The predicted octanol–water partition coefficient (Wildman–Crippen LogP) is 3.69. The van der Waals surface area contributed by atoms with E-state index in [2.05, 4.69) is 10.2 Å². The molecule has 2 aromatic rings. The van der Waals surface area contributed by atoms with Gasteiger partial charge in [0.25, 0.3) is 0 Å². The first-order valence-corrected chi connectivity index (χ1v) is 9.12. The highest BCUT2D eigenvalue weighted by Gasteiger charge is 2.23. The van der Waals surface area contributed by atoms with E-state index < -0.39 is 0 Å². The van der Waals surface area contributed by atoms with Crippen molar-refractivity contribution in [1.82, 2.24) is 10.2 Å². The average molecular weight is 374 g/mol. The molecule has 1 N–H and O–H groups in total. The van der Waals surface area contributed by atoms with E-state index in [4.69, 9.17) is 16.3 Å². The lowest BCUT2D eigenvalue weighted by atomic mass is 10.1. The number of rotatable bonds is 4. The molecule has 1 aliphatic heterocycles. The van der Waals surface area contributed by atoms with Gasteiger partial charge in [-0.15, -0.1) is 0 Å². The van der Waals surface area contributed by atoms with Crippen molar-refractivity contribution in [3.63, 3.8) is 0 Å². The largest absolute Gasteiger partial charge is 0.495 e. The number of nitrogens with zero attached hydrogens (tertiary/aromatic N) is 2. The Morgan fingerprint density at radius 2 is 1.85 bits per heavy atom. The summed E-state index contributed by atoms with van der Waals surface area (Å²) in [7, 11) is 1.65. The topological polar surface area (TPSA) is 44.8 Å². The third-order valence-electron chi connectivity index (χ3n) is 4.65. The Morgan fingerprint density at radius 3 is 2.50 bits per heavy atom. The first kappa shape index (κ1) is 18.4. The molecule has 0 radical (unpaired) electrons. The van der Waals surface area contributed by atoms with Crippen LogP contribution >= 0.6 is 11.6 Å². The summed E-state index contributed by atoms with van der Waals surface area (Å²) in [5.41, 5.74) is 3.14. The second-order valence-electron chi connectivity index (χ2n) is 6.39. The van der Waals surface area contributed by atoms with Crippen LogP contribution in [0.1, 0.15) is 11.1 Å². The van der Waals surface area contributed by atoms with Gasteiger partial charge in [0.05, 0.1) is 12.8 Å². The number of methoxy groups -OCH3 is 1. The second kappa shape index (κ2) is 8.32. The van der Waals surface area contributed by atoms with Crippen molar-refractivity contribution in [2.75, 3.05) is 38.2 Å². The van der Waals surface area contributed by atoms with Crippen LogP contribution in [0.3, 0.4) is 0 Å². The fourth-order valence-corrected chi connectivity index (χ4v) is 3.25. The van der Waals surface area contributed by atoms with Gasteiger partial charge in [-0.25, -0.2) is 4.79 Å². The predicted molar refractivity (Wildman–Crippen MR) is 105 cm³/mol. The third-order valence-corrected chi connectivity index (χ3v) is 5.06. The zero-order valence-electron chi connectivity index (χ0n) is 15.2. The first-order valence-electron chi connectivity index (χ1n) is 8.74. The maximum atomic E-state index is 12.4. The van der Waals surface area contributed by atoms with Gasteiger partial charge in [-0.05, 0) is 24.1 Å². The van der Waals surface area contributed by atoms with E-state index in [-0.39, 0.29) is 6.03 Å². The number of amides is 2. The second-order valence-corrected chi connectivity index (χ2v) is 6.80. The molecule has 0 aromatic heterocycles. The van der Waals surface area contributed by atoms with Crippen LogP contribution in [-0.2, 0) is 6.54 Å². The minimum absolute atomic E-state index is 0.0206. The smallest absolute Gasteiger partial charge is 0.317 e. The minimum atomic E-state index is -0.0206. The number of anilines is 1. The number of benzene rings is 2. The van der Waals surface area contributed by atoms with Gasteiger partial charge in [-0.3, -0.25) is 0 Å². The summed E-state index contributed by atoms with van der Waals surface area (Å²) in [6.45, 7) is 5.39. The molecule has 0 saturated carbocycles. The van der Waals surface area contributed by atoms with Crippen LogP contribution in [0.25, 0.3) is 0 Å². The van der Waals surface area contributed by atoms with Crippen molar-refractivity contribution < 1.29 is 9.53 Å². The highest BCUT2D eigenvalue weighted by Crippen LogP contribution is 2.34. The van der Waals surface area contributed by atoms with Gasteiger partial charge >= 0.3 is 6.03 Å². The number of carbonyl (C=O) groups is 1. The molecule has 1 fully saturated rings. The van der Waals surface area contributed by atoms with E-state index in [9.17, 15) is 4.79 Å². The highest BCUT2D eigenvalue weighted by atomic mass is 35.5. The van der Waals surface area contributed by atoms with Crippen LogP contribution in [-0.4, -0.2) is 44.2 Å². The van der Waals surface area contributed by atoms with Crippen molar-refractivity contribution in [2.45, 2.75) is 13.5 Å². The Kier molecular flexibility index (Phi) is 5.89. The average Bonchev–Trinajstić information content (AvgIpc) is 2.68. The van der Waals surface area contributed by atoms with Gasteiger partial charge in [0, 0.05) is 43.8 Å². The molecule has 0 spiro atoms. The molecule has 2 aromatic carbocycles. The molecule has 1 saturated heterocycles. The van der Waals surface area contributed by atoms with E-state index in [0.29, 0.717) is 24.7 Å². The van der Waals surface area contributed by atoms with Gasteiger partial charge in [0.2, 0.25) is 0 Å². The molecule has 138 valence electrons. The molecule has 1 heterocycles. The van der Waals surface area contributed by atoms with Gasteiger partial charge < -0.3 is 19.9 Å². The minimum Gasteiger partial charge on any atom is -0.495 e. The summed E-state index contributed by atoms with van der Waals surface area (Å²) in [6.07, 6.45) is 0. The van der Waals surface area contributed by atoms with E-state index in [0.717, 1.165) is 35.7 Å². The Labute approximate surface area is 159 Å². The molecule has 1 aliphatic rings. The Bertz CT molecular complexity index is 759. The zero-order chi connectivity index (χ0) is 18.5. The van der Waals surface area contributed by atoms with Crippen LogP contribution < -0.4 is 15.0 Å². The van der Waals surface area contributed by atoms with Crippen molar-refractivity contribution in [1.29, 1.82) is 0 Å². The Hall–Kier alpha value is -2.40. The normalized spacial score (nSPS) is 14.3. The van der Waals surface area contributed by atoms with Gasteiger partial charge in [0.1, 0.15) is 5.75 Å². The van der Waals surface area contributed by atoms with Gasteiger partial charge in [-0.1, -0.05) is 41.9 Å². The Balaban J connectivity index is 1.57. The number of nitrogens with one attached hydrogen (secondary N) is 1. The summed E-state index contributed by atoms with van der Waals surface area (Å²) in [4.78, 5) is 16.5. The van der Waals surface area contributed by atoms with Crippen LogP contribution in [0.15, 0.2) is 42.5 Å². The Morgan fingerprint density at radius 1 is 1.15 bits per heavy atom. The zero-order valence-corrected chi connectivity index (χ0v) is 15.9. The van der Waals surface area contributed by atoms with Crippen molar-refractivity contribution in [3.05, 3.63) is 58.6 Å². The van der Waals surface area contributed by atoms with Gasteiger partial charge in [0.15, 0.2) is 0 Å². The lowest BCUT2D eigenvalue weighted by Crippen LogP contribution is -2.51. The fourth-order valence-electron chi connectivity index (χ4n) is 3.09. The SMILES string of the molecule is COc1cc(Cl)c(C)cc1N1CCN(C(=O)NCc2ccccc2)CC1. The summed E-state index contributed by atoms with van der Waals surface area (Å²) in [5.74, 6) is 0.766. The molecule has 0 aliphatic carbocycles. The van der Waals surface area contributed by atoms with E-state index in [1.165, 1.54) is 0 Å². The third kappa shape index (κ3) is 4.22. The summed E-state index contributed by atoms with van der Waals surface area (Å²) in [5, 5.41) is 3.69. The number of urea groups is 1. The van der Waals surface area contributed by atoms with Crippen LogP contribution in [0, 0.1) is 6.92 Å². The monoisotopic (exact) mass is 373 g/mol. The lowest BCUT2D eigenvalue weighted by Gasteiger charge is -2.36. The van der Waals surface area contributed by atoms with E-state index in [1.54, 1.807) is 7.11 Å². The number of aryl methyl sites for hydroxylation is 1. The van der Waals surface area contributed by atoms with E-state index in [1.807, 2.05) is 54.3 Å². The molecular weight excluding hydrogens is 350 g/mol. The fraction of sp³-hybridized carbons (Fsp3) is 0.350. The molecule has 5 nitrogen and oxygen atoms in total. The van der Waals surface area contributed by atoms with E-state index >= 15 is 0 Å². The molecule has 2 amide bonds. The number of hydrogen-bond donors (Lipinski definition) is 1. The lowest BCUT2D eigenvalue weighted by molar-refractivity contribution is 0.194. The summed E-state index contributed by atoms with van der Waals surface area (Å²) >= 11 is 6.19. The number of carbonyl (C=O) groups excluding carboxylic acids is 1. The van der Waals surface area contributed by atoms with Crippen LogP contribution in [0.4, 0.5) is 10.5 Å². The molecular formula is C20H24ClN3O2. The van der Waals surface area contributed by atoms with Gasteiger partial charge in [-0.2, -0.15) is 0 Å². The van der Waals surface area contributed by atoms with Crippen LogP contribution in [0.5, 0.6) is 5.75 Å². The standard InChI is InChI=1S/C20H24ClN3O2/c1-15-12-18(19(26-2)13-17(15)21)23-8-10-24(11-9-23)20(25)22-14-16-6-4-3-5-7-16/h3-7,12-13H,8-11,14H2,1-2H3,(H,22,25). The number of hydrogen-bond acceptors (Lipinski definition) is 3. The number of piperazine rings is 1. The van der Waals surface area contributed by atoms with Crippen molar-refractivity contribution in [3.8, 4) is 5.75 Å². The molecule has 0 bridgehead atoms. The maximum absolute atomic E-state index is 12.4. The summed E-state index contributed by atoms with van der Waals surface area (Å²) in [6, 6.07) is 13.8. The molecule has 0 unspecified atom stereocenters. The van der Waals surface area contributed by atoms with Crippen molar-refractivity contribution >= 4 is 23.3 Å². The quantitative estimate of drug-likeness (QED) is 0.889. The maximum Gasteiger partial charge on any atom is 0.317 e. The number of halogens is 1. The molecule has 0 atom stereocenters. The van der Waals surface area contributed by atoms with Crippen LogP contribution in [0.2, 0.25) is 5.02 Å².